The molecular weight excluding hydrogens is 268 g/mol. The van der Waals surface area contributed by atoms with E-state index in [1.165, 1.54) is 6.07 Å². The molecule has 1 saturated heterocycles. The monoisotopic (exact) mass is 283 g/mol. The van der Waals surface area contributed by atoms with E-state index in [-0.39, 0.29) is 24.6 Å². The molecule has 1 atom stereocenters. The Morgan fingerprint density at radius 1 is 1.45 bits per heavy atom. The first-order chi connectivity index (χ1) is 9.54. The average molecular weight is 283 g/mol. The molecule has 0 saturated carbocycles. The molecule has 4 nitrogen and oxygen atoms in total. The summed E-state index contributed by atoms with van der Waals surface area (Å²) in [6, 6.07) is 2.07. The molecule has 2 rings (SSSR count). The predicted octanol–water partition coefficient (Wildman–Crippen LogP) is 2.41. The number of carbonyl (C=O) groups is 2. The average Bonchev–Trinajstić information content (AvgIpc) is 2.40. The van der Waals surface area contributed by atoms with Crippen molar-refractivity contribution in [3.05, 3.63) is 29.8 Å². The highest BCUT2D eigenvalue weighted by Gasteiger charge is 2.36. The molecule has 1 aromatic carbocycles. The van der Waals surface area contributed by atoms with Crippen LogP contribution in [0.3, 0.4) is 0 Å². The molecule has 0 aromatic heterocycles. The summed E-state index contributed by atoms with van der Waals surface area (Å²) >= 11 is 0. The van der Waals surface area contributed by atoms with Crippen LogP contribution in [0.2, 0.25) is 0 Å². The lowest BCUT2D eigenvalue weighted by Crippen LogP contribution is -2.49. The lowest BCUT2D eigenvalue weighted by Gasteiger charge is -2.34. The van der Waals surface area contributed by atoms with Crippen LogP contribution in [0.25, 0.3) is 0 Å². The highest BCUT2D eigenvalue weighted by Crippen LogP contribution is 2.29. The van der Waals surface area contributed by atoms with Gasteiger partial charge in [-0.05, 0) is 31.9 Å². The van der Waals surface area contributed by atoms with Crippen LogP contribution in [0.1, 0.15) is 26.2 Å². The minimum Gasteiger partial charge on any atom is -0.464 e. The lowest BCUT2D eigenvalue weighted by atomic mass is 10.0. The van der Waals surface area contributed by atoms with Crippen LogP contribution in [-0.4, -0.2) is 24.5 Å². The van der Waals surface area contributed by atoms with Gasteiger partial charge in [-0.3, -0.25) is 9.69 Å². The summed E-state index contributed by atoms with van der Waals surface area (Å²) in [5, 5.41) is 0. The van der Waals surface area contributed by atoms with Crippen LogP contribution in [0, 0.1) is 11.6 Å². The van der Waals surface area contributed by atoms with Crippen LogP contribution >= 0.6 is 0 Å². The van der Waals surface area contributed by atoms with Crippen molar-refractivity contribution in [2.45, 2.75) is 32.2 Å². The Hall–Kier alpha value is -1.98. The SMILES string of the molecule is CCOC(=O)C1CCCC(=O)N1c1ccc(F)cc1F. The van der Waals surface area contributed by atoms with Gasteiger partial charge in [-0.15, -0.1) is 0 Å². The molecule has 1 aliphatic rings. The van der Waals surface area contributed by atoms with Crippen LogP contribution in [0.15, 0.2) is 18.2 Å². The molecule has 0 aliphatic carbocycles. The standard InChI is InChI=1S/C14H15F2NO3/c1-2-20-14(19)12-4-3-5-13(18)17(12)11-7-6-9(15)8-10(11)16/h6-8,12H,2-5H2,1H3. The lowest BCUT2D eigenvalue weighted by molar-refractivity contribution is -0.146. The summed E-state index contributed by atoms with van der Waals surface area (Å²) in [4.78, 5) is 25.0. The first-order valence-electron chi connectivity index (χ1n) is 6.48. The van der Waals surface area contributed by atoms with Gasteiger partial charge in [-0.25, -0.2) is 13.6 Å². The number of hydrogen-bond acceptors (Lipinski definition) is 3. The number of ether oxygens (including phenoxy) is 1. The number of benzene rings is 1. The summed E-state index contributed by atoms with van der Waals surface area (Å²) in [5.41, 5.74) is -0.0887. The van der Waals surface area contributed by atoms with E-state index >= 15 is 0 Å². The van der Waals surface area contributed by atoms with Crippen LogP contribution in [0.5, 0.6) is 0 Å². The van der Waals surface area contributed by atoms with E-state index in [4.69, 9.17) is 4.74 Å². The van der Waals surface area contributed by atoms with E-state index in [2.05, 4.69) is 0 Å². The Morgan fingerprint density at radius 2 is 2.20 bits per heavy atom. The number of esters is 1. The molecule has 1 aromatic rings. The minimum absolute atomic E-state index is 0.0887. The zero-order valence-electron chi connectivity index (χ0n) is 11.1. The van der Waals surface area contributed by atoms with Gasteiger partial charge in [0.2, 0.25) is 5.91 Å². The molecule has 0 bridgehead atoms. The molecule has 1 fully saturated rings. The Bertz CT molecular complexity index is 533. The maximum atomic E-state index is 13.8. The summed E-state index contributed by atoms with van der Waals surface area (Å²) in [6.45, 7) is 1.84. The first kappa shape index (κ1) is 14.4. The predicted molar refractivity (Wildman–Crippen MR) is 68.1 cm³/mol. The number of nitrogens with zero attached hydrogens (tertiary/aromatic N) is 1. The fraction of sp³-hybridized carbons (Fsp3) is 0.429. The van der Waals surface area contributed by atoms with Crippen molar-refractivity contribution in [2.75, 3.05) is 11.5 Å². The van der Waals surface area contributed by atoms with Crippen LogP contribution in [0.4, 0.5) is 14.5 Å². The molecule has 1 aliphatic heterocycles. The summed E-state index contributed by atoms with van der Waals surface area (Å²) < 4.78 is 31.7. The van der Waals surface area contributed by atoms with Gasteiger partial charge >= 0.3 is 5.97 Å². The second-order valence-corrected chi connectivity index (χ2v) is 4.52. The van der Waals surface area contributed by atoms with Gasteiger partial charge in [0.25, 0.3) is 0 Å². The highest BCUT2D eigenvalue weighted by atomic mass is 19.1. The van der Waals surface area contributed by atoms with E-state index in [0.29, 0.717) is 18.9 Å². The Morgan fingerprint density at radius 3 is 2.85 bits per heavy atom. The number of piperidine rings is 1. The van der Waals surface area contributed by atoms with Gasteiger partial charge in [-0.2, -0.15) is 0 Å². The largest absolute Gasteiger partial charge is 0.464 e. The number of carbonyl (C=O) groups excluding carboxylic acids is 2. The second-order valence-electron chi connectivity index (χ2n) is 4.52. The molecule has 0 N–H and O–H groups in total. The maximum Gasteiger partial charge on any atom is 0.329 e. The minimum atomic E-state index is -0.866. The highest BCUT2D eigenvalue weighted by molar-refractivity contribution is 6.00. The fourth-order valence-electron chi connectivity index (χ4n) is 2.31. The maximum absolute atomic E-state index is 13.8. The van der Waals surface area contributed by atoms with Crippen molar-refractivity contribution in [1.29, 1.82) is 0 Å². The quantitative estimate of drug-likeness (QED) is 0.800. The van der Waals surface area contributed by atoms with Gasteiger partial charge in [0.1, 0.15) is 17.7 Å². The van der Waals surface area contributed by atoms with E-state index in [0.717, 1.165) is 11.0 Å². The Labute approximate surface area is 115 Å². The van der Waals surface area contributed by atoms with Crippen LogP contribution < -0.4 is 4.90 Å². The smallest absolute Gasteiger partial charge is 0.329 e. The van der Waals surface area contributed by atoms with Crippen LogP contribution in [-0.2, 0) is 14.3 Å². The van der Waals surface area contributed by atoms with Gasteiger partial charge in [0.15, 0.2) is 0 Å². The van der Waals surface area contributed by atoms with Gasteiger partial charge in [-0.1, -0.05) is 0 Å². The number of halogens is 2. The Kier molecular flexibility index (Phi) is 4.32. The van der Waals surface area contributed by atoms with E-state index in [1.807, 2.05) is 0 Å². The van der Waals surface area contributed by atoms with Gasteiger partial charge in [0.05, 0.1) is 12.3 Å². The molecule has 1 amide bonds. The van der Waals surface area contributed by atoms with Crippen molar-refractivity contribution >= 4 is 17.6 Å². The third-order valence-electron chi connectivity index (χ3n) is 3.18. The summed E-state index contributed by atoms with van der Waals surface area (Å²) in [6.07, 6.45) is 1.18. The molecule has 0 spiro atoms. The van der Waals surface area contributed by atoms with Crippen molar-refractivity contribution < 1.29 is 23.1 Å². The van der Waals surface area contributed by atoms with E-state index in [9.17, 15) is 18.4 Å². The number of hydrogen-bond donors (Lipinski definition) is 0. The third kappa shape index (κ3) is 2.79. The molecule has 1 unspecified atom stereocenters. The molecule has 20 heavy (non-hydrogen) atoms. The number of anilines is 1. The van der Waals surface area contributed by atoms with Gasteiger partial charge in [0, 0.05) is 12.5 Å². The van der Waals surface area contributed by atoms with E-state index < -0.39 is 23.6 Å². The molecule has 0 radical (unpaired) electrons. The van der Waals surface area contributed by atoms with E-state index in [1.54, 1.807) is 6.92 Å². The molecule has 108 valence electrons. The second kappa shape index (κ2) is 5.98. The number of rotatable bonds is 3. The Balaban J connectivity index is 2.37. The van der Waals surface area contributed by atoms with Crippen molar-refractivity contribution in [3.63, 3.8) is 0 Å². The topological polar surface area (TPSA) is 46.6 Å². The summed E-state index contributed by atoms with van der Waals surface area (Å²) in [5.74, 6) is -2.53. The molecule has 6 heteroatoms. The molecule has 1 heterocycles. The first-order valence-corrected chi connectivity index (χ1v) is 6.48. The third-order valence-corrected chi connectivity index (χ3v) is 3.18. The van der Waals surface area contributed by atoms with Crippen molar-refractivity contribution in [2.24, 2.45) is 0 Å². The van der Waals surface area contributed by atoms with Gasteiger partial charge < -0.3 is 4.74 Å². The zero-order chi connectivity index (χ0) is 14.7. The summed E-state index contributed by atoms with van der Waals surface area (Å²) in [7, 11) is 0. The normalized spacial score (nSPS) is 19.1. The molecular formula is C14H15F2NO3. The number of amides is 1. The van der Waals surface area contributed by atoms with Crippen molar-refractivity contribution in [1.82, 2.24) is 0 Å². The van der Waals surface area contributed by atoms with Crippen molar-refractivity contribution in [3.8, 4) is 0 Å². The fourth-order valence-corrected chi connectivity index (χ4v) is 2.31. The zero-order valence-corrected chi connectivity index (χ0v) is 11.1.